The molecule has 0 amide bonds. The van der Waals surface area contributed by atoms with E-state index in [1.807, 2.05) is 0 Å². The highest BCUT2D eigenvalue weighted by Gasteiger charge is 2.30. The number of likely N-dealkylation sites (tertiary alicyclic amines) is 1. The average molecular weight is 239 g/mol. The van der Waals surface area contributed by atoms with E-state index < -0.39 is 0 Å². The van der Waals surface area contributed by atoms with Crippen LogP contribution in [0.3, 0.4) is 0 Å². The smallest absolute Gasteiger partial charge is 0.0146 e. The van der Waals surface area contributed by atoms with Gasteiger partial charge < -0.3 is 10.2 Å². The Hall–Kier alpha value is -0.120. The van der Waals surface area contributed by atoms with Gasteiger partial charge in [-0.1, -0.05) is 13.8 Å². The maximum Gasteiger partial charge on any atom is 0.0146 e. The standard InChI is InChI=1S/C14H29N3/c1-4-13-5-9-17(10-7-15-13)14-6-8-16(3)11-12(14)2/h12-15H,4-11H2,1-3H3. The molecule has 0 aliphatic carbocycles. The van der Waals surface area contributed by atoms with Crippen molar-refractivity contribution in [1.29, 1.82) is 0 Å². The summed E-state index contributed by atoms with van der Waals surface area (Å²) < 4.78 is 0. The van der Waals surface area contributed by atoms with Gasteiger partial charge in [-0.3, -0.25) is 4.90 Å². The number of hydrogen-bond acceptors (Lipinski definition) is 3. The van der Waals surface area contributed by atoms with Gasteiger partial charge >= 0.3 is 0 Å². The molecule has 3 atom stereocenters. The first-order valence-electron chi connectivity index (χ1n) is 7.36. The summed E-state index contributed by atoms with van der Waals surface area (Å²) in [5.74, 6) is 0.826. The second kappa shape index (κ2) is 6.17. The molecule has 3 heteroatoms. The fraction of sp³-hybridized carbons (Fsp3) is 1.00. The van der Waals surface area contributed by atoms with E-state index in [-0.39, 0.29) is 0 Å². The Labute approximate surface area is 107 Å². The van der Waals surface area contributed by atoms with Crippen LogP contribution in [0, 0.1) is 5.92 Å². The largest absolute Gasteiger partial charge is 0.313 e. The first kappa shape index (κ1) is 13.3. The molecule has 100 valence electrons. The van der Waals surface area contributed by atoms with E-state index in [9.17, 15) is 0 Å². The van der Waals surface area contributed by atoms with Crippen molar-refractivity contribution in [1.82, 2.24) is 15.1 Å². The van der Waals surface area contributed by atoms with Gasteiger partial charge in [0.25, 0.3) is 0 Å². The molecule has 0 spiro atoms. The molecule has 17 heavy (non-hydrogen) atoms. The van der Waals surface area contributed by atoms with Crippen LogP contribution in [-0.2, 0) is 0 Å². The summed E-state index contributed by atoms with van der Waals surface area (Å²) in [4.78, 5) is 5.23. The third-order valence-electron chi connectivity index (χ3n) is 4.62. The van der Waals surface area contributed by atoms with E-state index in [0.29, 0.717) is 0 Å². The summed E-state index contributed by atoms with van der Waals surface area (Å²) >= 11 is 0. The molecule has 1 N–H and O–H groups in total. The molecule has 2 fully saturated rings. The molecule has 2 heterocycles. The molecule has 0 aromatic carbocycles. The molecule has 0 bridgehead atoms. The molecule has 2 aliphatic heterocycles. The van der Waals surface area contributed by atoms with E-state index in [2.05, 4.69) is 36.0 Å². The van der Waals surface area contributed by atoms with Crippen LogP contribution in [0.15, 0.2) is 0 Å². The summed E-state index contributed by atoms with van der Waals surface area (Å²) in [5.41, 5.74) is 0. The van der Waals surface area contributed by atoms with Crippen molar-refractivity contribution in [2.24, 2.45) is 5.92 Å². The Kier molecular flexibility index (Phi) is 4.83. The molecule has 0 aromatic rings. The van der Waals surface area contributed by atoms with Gasteiger partial charge in [0.2, 0.25) is 0 Å². The van der Waals surface area contributed by atoms with Crippen molar-refractivity contribution in [2.75, 3.05) is 39.8 Å². The molecule has 3 unspecified atom stereocenters. The van der Waals surface area contributed by atoms with Gasteiger partial charge in [0.1, 0.15) is 0 Å². The third-order valence-corrected chi connectivity index (χ3v) is 4.62. The highest BCUT2D eigenvalue weighted by Crippen LogP contribution is 2.22. The van der Waals surface area contributed by atoms with Crippen molar-refractivity contribution in [3.63, 3.8) is 0 Å². The maximum atomic E-state index is 3.67. The van der Waals surface area contributed by atoms with Gasteiger partial charge in [-0.2, -0.15) is 0 Å². The fourth-order valence-corrected chi connectivity index (χ4v) is 3.51. The summed E-state index contributed by atoms with van der Waals surface area (Å²) in [7, 11) is 2.25. The lowest BCUT2D eigenvalue weighted by Gasteiger charge is -2.41. The molecule has 2 aliphatic rings. The summed E-state index contributed by atoms with van der Waals surface area (Å²) in [6, 6.07) is 1.57. The average Bonchev–Trinajstić information content (AvgIpc) is 2.54. The van der Waals surface area contributed by atoms with Crippen molar-refractivity contribution in [3.05, 3.63) is 0 Å². The predicted octanol–water partition coefficient (Wildman–Crippen LogP) is 1.40. The number of nitrogens with one attached hydrogen (secondary N) is 1. The Morgan fingerprint density at radius 1 is 1.18 bits per heavy atom. The molecule has 2 saturated heterocycles. The zero-order chi connectivity index (χ0) is 12.3. The lowest BCUT2D eigenvalue weighted by atomic mass is 9.92. The molecule has 3 nitrogen and oxygen atoms in total. The SMILES string of the molecule is CCC1CCN(C2CCN(C)CC2C)CCN1. The molecule has 2 rings (SSSR count). The molecule has 0 saturated carbocycles. The monoisotopic (exact) mass is 239 g/mol. The molecule has 0 radical (unpaired) electrons. The number of rotatable bonds is 2. The van der Waals surface area contributed by atoms with Crippen LogP contribution in [-0.4, -0.2) is 61.7 Å². The van der Waals surface area contributed by atoms with Crippen molar-refractivity contribution in [2.45, 2.75) is 45.2 Å². The minimum atomic E-state index is 0.751. The van der Waals surface area contributed by atoms with E-state index in [1.165, 1.54) is 52.0 Å². The highest BCUT2D eigenvalue weighted by atomic mass is 15.2. The first-order chi connectivity index (χ1) is 8.20. The van der Waals surface area contributed by atoms with Gasteiger partial charge in [0.05, 0.1) is 0 Å². The van der Waals surface area contributed by atoms with Gasteiger partial charge in [0, 0.05) is 31.7 Å². The Morgan fingerprint density at radius 2 is 2.00 bits per heavy atom. The lowest BCUT2D eigenvalue weighted by molar-refractivity contribution is 0.0795. The number of piperidine rings is 1. The lowest BCUT2D eigenvalue weighted by Crippen LogP contribution is -2.50. The highest BCUT2D eigenvalue weighted by molar-refractivity contribution is 4.86. The maximum absolute atomic E-state index is 3.67. The molecular formula is C14H29N3. The normalized spacial score (nSPS) is 37.9. The third kappa shape index (κ3) is 3.43. The molecular weight excluding hydrogens is 210 g/mol. The van der Waals surface area contributed by atoms with Crippen molar-refractivity contribution in [3.8, 4) is 0 Å². The van der Waals surface area contributed by atoms with E-state index in [1.54, 1.807) is 0 Å². The van der Waals surface area contributed by atoms with E-state index in [4.69, 9.17) is 0 Å². The van der Waals surface area contributed by atoms with Crippen LogP contribution in [0.5, 0.6) is 0 Å². The minimum absolute atomic E-state index is 0.751. The first-order valence-corrected chi connectivity index (χ1v) is 7.36. The fourth-order valence-electron chi connectivity index (χ4n) is 3.51. The van der Waals surface area contributed by atoms with Crippen LogP contribution in [0.25, 0.3) is 0 Å². The zero-order valence-corrected chi connectivity index (χ0v) is 11.8. The molecule has 0 aromatic heterocycles. The minimum Gasteiger partial charge on any atom is -0.313 e. The zero-order valence-electron chi connectivity index (χ0n) is 11.8. The Balaban J connectivity index is 1.88. The second-order valence-corrected chi connectivity index (χ2v) is 5.98. The van der Waals surface area contributed by atoms with Crippen LogP contribution in [0.2, 0.25) is 0 Å². The number of hydrogen-bond donors (Lipinski definition) is 1. The summed E-state index contributed by atoms with van der Waals surface area (Å²) in [5, 5.41) is 3.67. The predicted molar refractivity (Wildman–Crippen MR) is 73.3 cm³/mol. The second-order valence-electron chi connectivity index (χ2n) is 5.98. The van der Waals surface area contributed by atoms with E-state index in [0.717, 1.165) is 18.0 Å². The van der Waals surface area contributed by atoms with Crippen molar-refractivity contribution < 1.29 is 0 Å². The summed E-state index contributed by atoms with van der Waals surface area (Å²) in [6.07, 6.45) is 3.96. The quantitative estimate of drug-likeness (QED) is 0.786. The van der Waals surface area contributed by atoms with Crippen LogP contribution >= 0.6 is 0 Å². The number of nitrogens with zero attached hydrogens (tertiary/aromatic N) is 2. The van der Waals surface area contributed by atoms with Crippen LogP contribution < -0.4 is 5.32 Å². The van der Waals surface area contributed by atoms with Crippen molar-refractivity contribution >= 4 is 0 Å². The van der Waals surface area contributed by atoms with E-state index >= 15 is 0 Å². The van der Waals surface area contributed by atoms with Gasteiger partial charge in [-0.25, -0.2) is 0 Å². The van der Waals surface area contributed by atoms with Gasteiger partial charge in [-0.15, -0.1) is 0 Å². The Bertz CT molecular complexity index is 232. The topological polar surface area (TPSA) is 18.5 Å². The van der Waals surface area contributed by atoms with Crippen LogP contribution in [0.4, 0.5) is 0 Å². The van der Waals surface area contributed by atoms with Gasteiger partial charge in [0.15, 0.2) is 0 Å². The Morgan fingerprint density at radius 3 is 2.71 bits per heavy atom. The van der Waals surface area contributed by atoms with Gasteiger partial charge in [-0.05, 0) is 45.3 Å². The van der Waals surface area contributed by atoms with Crippen LogP contribution in [0.1, 0.15) is 33.1 Å². The summed E-state index contributed by atoms with van der Waals surface area (Å²) in [6.45, 7) is 11.0.